The van der Waals surface area contributed by atoms with E-state index >= 15 is 0 Å². The normalized spacial score (nSPS) is 25.3. The molecule has 202 valence electrons. The van der Waals surface area contributed by atoms with Crippen LogP contribution in [0.15, 0.2) is 61.2 Å². The average Bonchev–Trinajstić information content (AvgIpc) is 2.90. The second kappa shape index (κ2) is 11.5. The molecule has 0 amide bonds. The topological polar surface area (TPSA) is 88.1 Å². The van der Waals surface area contributed by atoms with E-state index in [2.05, 4.69) is 6.58 Å². The van der Waals surface area contributed by atoms with Crippen LogP contribution in [0.5, 0.6) is 0 Å². The van der Waals surface area contributed by atoms with Gasteiger partial charge in [0.2, 0.25) is 0 Å². The molecule has 0 N–H and O–H groups in total. The molecule has 0 atom stereocenters. The minimum absolute atomic E-state index is 0.122. The van der Waals surface area contributed by atoms with Gasteiger partial charge in [-0.2, -0.15) is 0 Å². The summed E-state index contributed by atoms with van der Waals surface area (Å²) in [5, 5.41) is 0. The van der Waals surface area contributed by atoms with Gasteiger partial charge in [-0.05, 0) is 6.92 Å². The van der Waals surface area contributed by atoms with Crippen molar-refractivity contribution >= 4 is 44.3 Å². The van der Waals surface area contributed by atoms with Crippen LogP contribution in [-0.2, 0) is 20.4 Å². The van der Waals surface area contributed by atoms with E-state index in [0.29, 0.717) is 26.9 Å². The van der Waals surface area contributed by atoms with Crippen molar-refractivity contribution in [3.63, 3.8) is 0 Å². The van der Waals surface area contributed by atoms with E-state index in [1.807, 2.05) is 37.3 Å². The number of allylic oxidation sites excluding steroid dienone is 1. The van der Waals surface area contributed by atoms with Crippen molar-refractivity contribution < 1.29 is 30.0 Å². The quantitative estimate of drug-likeness (QED) is 0.167. The standard InChI is InChI=1S/C30H33IO7/c1-20(2)24-8-10-25(11-9-24)27(32)35-12-13-36-29(34)38-31(26-6-4-3-5-7-26)37-28(33)30-17-21-14-22(18-30)16-23(15-21)19-30/h3-11,21-23H,1,12-19H2,2H3. The van der Waals surface area contributed by atoms with Crippen molar-refractivity contribution in [2.45, 2.75) is 45.4 Å². The van der Waals surface area contributed by atoms with Gasteiger partial charge in [0.15, 0.2) is 0 Å². The molecule has 4 aliphatic rings. The molecule has 6 rings (SSSR count). The Morgan fingerprint density at radius 2 is 1.37 bits per heavy atom. The molecule has 2 aromatic carbocycles. The molecule has 2 aromatic rings. The van der Waals surface area contributed by atoms with Crippen LogP contribution in [0.3, 0.4) is 0 Å². The van der Waals surface area contributed by atoms with E-state index in [9.17, 15) is 14.4 Å². The predicted molar refractivity (Wildman–Crippen MR) is 150 cm³/mol. The Balaban J connectivity index is 1.14. The summed E-state index contributed by atoms with van der Waals surface area (Å²) in [4.78, 5) is 38.3. The van der Waals surface area contributed by atoms with Gasteiger partial charge in [-0.15, -0.1) is 0 Å². The fraction of sp³-hybridized carbons (Fsp3) is 0.433. The third kappa shape index (κ3) is 6.06. The summed E-state index contributed by atoms with van der Waals surface area (Å²) in [7, 11) is 0. The fourth-order valence-electron chi connectivity index (χ4n) is 6.44. The van der Waals surface area contributed by atoms with E-state index in [1.54, 1.807) is 24.3 Å². The molecule has 4 aliphatic carbocycles. The predicted octanol–water partition coefficient (Wildman–Crippen LogP) is 7.00. The second-order valence-corrected chi connectivity index (χ2v) is 14.1. The van der Waals surface area contributed by atoms with Crippen LogP contribution in [0.4, 0.5) is 4.79 Å². The number of hydrogen-bond donors (Lipinski definition) is 0. The molecule has 0 heterocycles. The van der Waals surface area contributed by atoms with Gasteiger partial charge in [-0.1, -0.05) is 6.58 Å². The maximum atomic E-state index is 13.5. The third-order valence-electron chi connectivity index (χ3n) is 7.81. The average molecular weight is 632 g/mol. The number of carbonyl (C=O) groups is 3. The first-order chi connectivity index (χ1) is 18.3. The van der Waals surface area contributed by atoms with Gasteiger partial charge in [-0.3, -0.25) is 0 Å². The summed E-state index contributed by atoms with van der Waals surface area (Å²) in [5.41, 5.74) is 1.79. The third-order valence-corrected chi connectivity index (χ3v) is 11.1. The molecule has 8 heteroatoms. The number of rotatable bonds is 9. The molecule has 4 bridgehead atoms. The van der Waals surface area contributed by atoms with Crippen LogP contribution in [0.1, 0.15) is 61.4 Å². The van der Waals surface area contributed by atoms with Gasteiger partial charge in [0.1, 0.15) is 0 Å². The van der Waals surface area contributed by atoms with Gasteiger partial charge in [0, 0.05) is 0 Å². The van der Waals surface area contributed by atoms with Crippen molar-refractivity contribution in [1.82, 2.24) is 0 Å². The van der Waals surface area contributed by atoms with Crippen molar-refractivity contribution in [3.8, 4) is 0 Å². The van der Waals surface area contributed by atoms with E-state index in [4.69, 9.17) is 15.6 Å². The number of carbonyl (C=O) groups excluding carboxylic acids is 3. The molecule has 0 unspecified atom stereocenters. The van der Waals surface area contributed by atoms with Crippen molar-refractivity contribution in [2.24, 2.45) is 23.2 Å². The van der Waals surface area contributed by atoms with Crippen molar-refractivity contribution in [2.75, 3.05) is 13.2 Å². The first-order valence-electron chi connectivity index (χ1n) is 13.1. The summed E-state index contributed by atoms with van der Waals surface area (Å²) >= 11 is -3.13. The van der Waals surface area contributed by atoms with E-state index in [0.717, 1.165) is 30.4 Å². The zero-order valence-corrected chi connectivity index (χ0v) is 23.7. The number of hydrogen-bond acceptors (Lipinski definition) is 7. The van der Waals surface area contributed by atoms with Crippen molar-refractivity contribution in [1.29, 1.82) is 0 Å². The Kier molecular flexibility index (Phi) is 8.07. The molecular weight excluding hydrogens is 599 g/mol. The Morgan fingerprint density at radius 1 is 0.816 bits per heavy atom. The monoisotopic (exact) mass is 632 g/mol. The van der Waals surface area contributed by atoms with Crippen LogP contribution < -0.4 is 0 Å². The molecule has 0 spiro atoms. The zero-order chi connectivity index (χ0) is 26.7. The molecule has 0 aliphatic heterocycles. The fourth-order valence-corrected chi connectivity index (χ4v) is 9.33. The maximum absolute atomic E-state index is 13.5. The van der Waals surface area contributed by atoms with Crippen LogP contribution in [0, 0.1) is 26.7 Å². The SMILES string of the molecule is C=C(C)c1ccc(C(=O)OCCOC(=O)OI(OC(=O)C23CC4CC(CC(C4)C2)C3)c2ccccc2)cc1. The summed E-state index contributed by atoms with van der Waals surface area (Å²) in [6, 6.07) is 16.1. The van der Waals surface area contributed by atoms with E-state index in [-0.39, 0.29) is 19.2 Å². The van der Waals surface area contributed by atoms with Gasteiger partial charge < -0.3 is 0 Å². The van der Waals surface area contributed by atoms with Gasteiger partial charge in [0.25, 0.3) is 0 Å². The molecule has 7 nitrogen and oxygen atoms in total. The molecule has 0 saturated heterocycles. The molecular formula is C30H33IO7. The van der Waals surface area contributed by atoms with Crippen molar-refractivity contribution in [3.05, 3.63) is 75.9 Å². The van der Waals surface area contributed by atoms with Gasteiger partial charge in [-0.25, -0.2) is 0 Å². The molecule has 0 radical (unpaired) electrons. The van der Waals surface area contributed by atoms with Crippen LogP contribution in [-0.4, -0.2) is 31.3 Å². The summed E-state index contributed by atoms with van der Waals surface area (Å²) < 4.78 is 22.7. The van der Waals surface area contributed by atoms with Crippen LogP contribution in [0.2, 0.25) is 0 Å². The molecule has 4 fully saturated rings. The Hall–Kier alpha value is -2.88. The first kappa shape index (κ1) is 26.7. The number of esters is 1. The van der Waals surface area contributed by atoms with E-state index < -0.39 is 38.2 Å². The Morgan fingerprint density at radius 3 is 1.95 bits per heavy atom. The number of halogens is 1. The Labute approximate surface area is 231 Å². The first-order valence-corrected chi connectivity index (χ1v) is 15.9. The number of benzene rings is 2. The zero-order valence-electron chi connectivity index (χ0n) is 21.5. The summed E-state index contributed by atoms with van der Waals surface area (Å²) in [6.45, 7) is 5.47. The number of ether oxygens (including phenoxy) is 2. The molecule has 0 aromatic heterocycles. The van der Waals surface area contributed by atoms with Gasteiger partial charge in [0.05, 0.1) is 0 Å². The van der Waals surface area contributed by atoms with Crippen LogP contribution in [0.25, 0.3) is 5.57 Å². The second-order valence-electron chi connectivity index (χ2n) is 10.7. The Bertz CT molecular complexity index is 1160. The van der Waals surface area contributed by atoms with E-state index in [1.165, 1.54) is 19.3 Å². The minimum atomic E-state index is -3.13. The van der Waals surface area contributed by atoms with Gasteiger partial charge >= 0.3 is 219 Å². The summed E-state index contributed by atoms with van der Waals surface area (Å²) in [6.07, 6.45) is 5.37. The van der Waals surface area contributed by atoms with Crippen LogP contribution >= 0.6 is 20.6 Å². The summed E-state index contributed by atoms with van der Waals surface area (Å²) in [5.74, 6) is 1.07. The molecule has 38 heavy (non-hydrogen) atoms. The molecule has 4 saturated carbocycles.